The molecule has 0 bridgehead atoms. The summed E-state index contributed by atoms with van der Waals surface area (Å²) in [7, 11) is 0. The molecule has 0 fully saturated rings. The van der Waals surface area contributed by atoms with Gasteiger partial charge in [0.2, 0.25) is 5.91 Å². The van der Waals surface area contributed by atoms with Gasteiger partial charge in [0, 0.05) is 12.0 Å². The molecular formula is C22H28N2O2. The van der Waals surface area contributed by atoms with Crippen molar-refractivity contribution in [2.45, 2.75) is 52.5 Å². The maximum absolute atomic E-state index is 12.5. The lowest BCUT2D eigenvalue weighted by Gasteiger charge is -2.20. The number of amides is 2. The molecule has 3 N–H and O–H groups in total. The molecule has 0 aliphatic heterocycles. The number of benzene rings is 2. The van der Waals surface area contributed by atoms with Crippen LogP contribution in [-0.4, -0.2) is 17.9 Å². The highest BCUT2D eigenvalue weighted by Gasteiger charge is 2.20. The second kappa shape index (κ2) is 7.73. The molecule has 0 aliphatic carbocycles. The number of carbonyl (C=O) groups is 2. The molecule has 0 aliphatic rings. The van der Waals surface area contributed by atoms with Crippen molar-refractivity contribution in [3.63, 3.8) is 0 Å². The first-order valence-corrected chi connectivity index (χ1v) is 8.85. The maximum atomic E-state index is 12.5. The van der Waals surface area contributed by atoms with Gasteiger partial charge in [0.1, 0.15) is 6.04 Å². The van der Waals surface area contributed by atoms with Gasteiger partial charge >= 0.3 is 0 Å². The van der Waals surface area contributed by atoms with Crippen molar-refractivity contribution < 1.29 is 9.59 Å². The molecule has 138 valence electrons. The average molecular weight is 352 g/mol. The van der Waals surface area contributed by atoms with Crippen molar-refractivity contribution in [2.75, 3.05) is 0 Å². The van der Waals surface area contributed by atoms with Crippen molar-refractivity contribution in [1.29, 1.82) is 0 Å². The summed E-state index contributed by atoms with van der Waals surface area (Å²) in [4.78, 5) is 24.3. The molecule has 0 saturated heterocycles. The van der Waals surface area contributed by atoms with Crippen LogP contribution in [-0.2, 0) is 16.6 Å². The van der Waals surface area contributed by atoms with Gasteiger partial charge in [-0.2, -0.15) is 0 Å². The number of hydrogen-bond acceptors (Lipinski definition) is 2. The molecule has 0 saturated carbocycles. The van der Waals surface area contributed by atoms with E-state index in [-0.39, 0.29) is 11.3 Å². The first-order valence-electron chi connectivity index (χ1n) is 8.85. The zero-order chi connectivity index (χ0) is 19.5. The van der Waals surface area contributed by atoms with Crippen LogP contribution in [0.25, 0.3) is 0 Å². The van der Waals surface area contributed by atoms with Crippen LogP contribution in [0.1, 0.15) is 53.4 Å². The highest BCUT2D eigenvalue weighted by molar-refractivity contribution is 5.97. The van der Waals surface area contributed by atoms with Crippen LogP contribution in [0.4, 0.5) is 0 Å². The van der Waals surface area contributed by atoms with Gasteiger partial charge in [-0.05, 0) is 53.6 Å². The zero-order valence-corrected chi connectivity index (χ0v) is 16.2. The fraction of sp³-hybridized carbons (Fsp3) is 0.364. The van der Waals surface area contributed by atoms with Crippen LogP contribution >= 0.6 is 0 Å². The van der Waals surface area contributed by atoms with Gasteiger partial charge in [-0.3, -0.25) is 9.59 Å². The maximum Gasteiger partial charge on any atom is 0.251 e. The summed E-state index contributed by atoms with van der Waals surface area (Å²) in [5.41, 5.74) is 10.5. The number of carbonyl (C=O) groups excluding carboxylic acids is 2. The van der Waals surface area contributed by atoms with E-state index in [1.165, 1.54) is 5.56 Å². The molecule has 4 nitrogen and oxygen atoms in total. The Labute approximate surface area is 155 Å². The third kappa shape index (κ3) is 4.94. The first-order chi connectivity index (χ1) is 12.1. The van der Waals surface area contributed by atoms with Crippen LogP contribution in [0, 0.1) is 13.8 Å². The highest BCUT2D eigenvalue weighted by atomic mass is 16.2. The Hall–Kier alpha value is -2.62. The molecule has 26 heavy (non-hydrogen) atoms. The number of nitrogens with one attached hydrogen (secondary N) is 1. The van der Waals surface area contributed by atoms with Crippen LogP contribution < -0.4 is 11.1 Å². The minimum atomic E-state index is -0.744. The van der Waals surface area contributed by atoms with Gasteiger partial charge in [0.25, 0.3) is 5.91 Å². The lowest BCUT2D eigenvalue weighted by atomic mass is 9.86. The predicted octanol–water partition coefficient (Wildman–Crippen LogP) is 3.43. The van der Waals surface area contributed by atoms with Gasteiger partial charge in [0.05, 0.1) is 0 Å². The third-order valence-corrected chi connectivity index (χ3v) is 4.67. The lowest BCUT2D eigenvalue weighted by molar-refractivity contribution is -0.119. The fourth-order valence-corrected chi connectivity index (χ4v) is 2.75. The minimum Gasteiger partial charge on any atom is -0.368 e. The Kier molecular flexibility index (Phi) is 5.86. The van der Waals surface area contributed by atoms with Crippen molar-refractivity contribution in [1.82, 2.24) is 5.32 Å². The van der Waals surface area contributed by atoms with E-state index in [4.69, 9.17) is 5.73 Å². The van der Waals surface area contributed by atoms with Crippen LogP contribution in [0.15, 0.2) is 42.5 Å². The van der Waals surface area contributed by atoms with E-state index in [9.17, 15) is 9.59 Å². The highest BCUT2D eigenvalue weighted by Crippen LogP contribution is 2.22. The summed E-state index contributed by atoms with van der Waals surface area (Å²) >= 11 is 0. The van der Waals surface area contributed by atoms with Crippen molar-refractivity contribution >= 4 is 11.8 Å². The second-order valence-corrected chi connectivity index (χ2v) is 7.88. The van der Waals surface area contributed by atoms with E-state index < -0.39 is 11.9 Å². The summed E-state index contributed by atoms with van der Waals surface area (Å²) in [6, 6.07) is 12.7. The Balaban J connectivity index is 2.12. The molecule has 4 heteroatoms. The largest absolute Gasteiger partial charge is 0.368 e. The zero-order valence-electron chi connectivity index (χ0n) is 16.2. The number of rotatable bonds is 5. The Morgan fingerprint density at radius 1 is 1.00 bits per heavy atom. The summed E-state index contributed by atoms with van der Waals surface area (Å²) in [6.07, 6.45) is 0.377. The standard InChI is InChI=1S/C22H28N2O2/c1-14-6-7-16(12-15(14)2)13-19(20(23)25)24-21(26)17-8-10-18(11-9-17)22(3,4)5/h6-12,19H,13H2,1-5H3,(H2,23,25)(H,24,26)/t19-/m1/s1. The molecule has 2 amide bonds. The Morgan fingerprint density at radius 2 is 1.62 bits per heavy atom. The van der Waals surface area contributed by atoms with Crippen LogP contribution in [0.2, 0.25) is 0 Å². The molecule has 2 aromatic carbocycles. The summed E-state index contributed by atoms with van der Waals surface area (Å²) in [5.74, 6) is -0.832. The molecule has 0 radical (unpaired) electrons. The summed E-state index contributed by atoms with van der Waals surface area (Å²) in [5, 5.41) is 2.76. The first kappa shape index (κ1) is 19.7. The molecule has 0 aromatic heterocycles. The third-order valence-electron chi connectivity index (χ3n) is 4.67. The Bertz CT molecular complexity index is 802. The predicted molar refractivity (Wildman–Crippen MR) is 105 cm³/mol. The molecule has 2 aromatic rings. The van der Waals surface area contributed by atoms with Gasteiger partial charge in [-0.1, -0.05) is 51.1 Å². The SMILES string of the molecule is Cc1ccc(C[C@@H](NC(=O)c2ccc(C(C)(C)C)cc2)C(N)=O)cc1C. The van der Waals surface area contributed by atoms with Crippen molar-refractivity contribution in [2.24, 2.45) is 5.73 Å². The molecule has 0 heterocycles. The Morgan fingerprint density at radius 3 is 2.12 bits per heavy atom. The van der Waals surface area contributed by atoms with E-state index in [1.807, 2.05) is 44.2 Å². The minimum absolute atomic E-state index is 0.0219. The molecule has 0 unspecified atom stereocenters. The molecular weight excluding hydrogens is 324 g/mol. The van der Waals surface area contributed by atoms with Gasteiger partial charge in [0.15, 0.2) is 0 Å². The number of primary amides is 1. The number of aryl methyl sites for hydroxylation is 2. The van der Waals surface area contributed by atoms with E-state index >= 15 is 0 Å². The van der Waals surface area contributed by atoms with Gasteiger partial charge < -0.3 is 11.1 Å². The van der Waals surface area contributed by atoms with Gasteiger partial charge in [-0.25, -0.2) is 0 Å². The van der Waals surface area contributed by atoms with Crippen LogP contribution in [0.3, 0.4) is 0 Å². The normalized spacial score (nSPS) is 12.5. The van der Waals surface area contributed by atoms with Crippen molar-refractivity contribution in [3.8, 4) is 0 Å². The summed E-state index contributed by atoms with van der Waals surface area (Å²) in [6.45, 7) is 10.4. The summed E-state index contributed by atoms with van der Waals surface area (Å²) < 4.78 is 0. The fourth-order valence-electron chi connectivity index (χ4n) is 2.75. The van der Waals surface area contributed by atoms with E-state index in [2.05, 4.69) is 26.1 Å². The second-order valence-electron chi connectivity index (χ2n) is 7.88. The van der Waals surface area contributed by atoms with E-state index in [1.54, 1.807) is 12.1 Å². The topological polar surface area (TPSA) is 72.2 Å². The van der Waals surface area contributed by atoms with E-state index in [0.29, 0.717) is 12.0 Å². The van der Waals surface area contributed by atoms with E-state index in [0.717, 1.165) is 16.7 Å². The molecule has 1 atom stereocenters. The average Bonchev–Trinajstić information content (AvgIpc) is 2.56. The quantitative estimate of drug-likeness (QED) is 0.865. The van der Waals surface area contributed by atoms with Gasteiger partial charge in [-0.15, -0.1) is 0 Å². The molecule has 2 rings (SSSR count). The smallest absolute Gasteiger partial charge is 0.251 e. The van der Waals surface area contributed by atoms with Crippen molar-refractivity contribution in [3.05, 3.63) is 70.3 Å². The number of nitrogens with two attached hydrogens (primary N) is 1. The number of hydrogen-bond donors (Lipinski definition) is 2. The molecule has 0 spiro atoms. The van der Waals surface area contributed by atoms with Crippen LogP contribution in [0.5, 0.6) is 0 Å². The lowest BCUT2D eigenvalue weighted by Crippen LogP contribution is -2.45. The monoisotopic (exact) mass is 352 g/mol.